The number of rotatable bonds is 3. The van der Waals surface area contributed by atoms with Crippen LogP contribution in [0.1, 0.15) is 18.9 Å². The summed E-state index contributed by atoms with van der Waals surface area (Å²) in [5.74, 6) is 0. The van der Waals surface area contributed by atoms with E-state index in [4.69, 9.17) is 10.5 Å². The van der Waals surface area contributed by atoms with Crippen LogP contribution in [-0.2, 0) is 0 Å². The summed E-state index contributed by atoms with van der Waals surface area (Å²) in [4.78, 5) is 4.46. The van der Waals surface area contributed by atoms with Crippen LogP contribution in [0.3, 0.4) is 0 Å². The van der Waals surface area contributed by atoms with Gasteiger partial charge >= 0.3 is 0 Å². The average molecular weight is 254 g/mol. The maximum absolute atomic E-state index is 9.14. The van der Waals surface area contributed by atoms with Crippen molar-refractivity contribution in [1.82, 2.24) is 4.90 Å². The molecule has 1 fully saturated rings. The first-order valence-corrected chi connectivity index (χ1v) is 6.68. The van der Waals surface area contributed by atoms with Crippen LogP contribution >= 0.6 is 0 Å². The highest BCUT2D eigenvalue weighted by atomic mass is 15.3. The van der Waals surface area contributed by atoms with E-state index in [0.717, 1.165) is 43.9 Å². The molecule has 19 heavy (non-hydrogen) atoms. The molecule has 4 heteroatoms. The number of hydrogen-bond acceptors (Lipinski definition) is 4. The molecule has 0 bridgehead atoms. The van der Waals surface area contributed by atoms with Crippen LogP contribution < -0.4 is 4.90 Å². The van der Waals surface area contributed by atoms with E-state index >= 15 is 0 Å². The lowest BCUT2D eigenvalue weighted by atomic mass is 10.1. The minimum Gasteiger partial charge on any atom is -0.368 e. The Bertz CT molecular complexity index is 504. The van der Waals surface area contributed by atoms with Crippen LogP contribution in [0, 0.1) is 22.7 Å². The number of hydrogen-bond donors (Lipinski definition) is 0. The highest BCUT2D eigenvalue weighted by Gasteiger charge is 2.23. The van der Waals surface area contributed by atoms with Gasteiger partial charge in [-0.1, -0.05) is 19.1 Å². The summed E-state index contributed by atoms with van der Waals surface area (Å²) >= 11 is 0. The molecule has 2 rings (SSSR count). The molecule has 1 atom stereocenters. The topological polar surface area (TPSA) is 54.1 Å². The predicted molar refractivity (Wildman–Crippen MR) is 74.6 cm³/mol. The minimum atomic E-state index is 0.0216. The lowest BCUT2D eigenvalue weighted by Crippen LogP contribution is -2.50. The van der Waals surface area contributed by atoms with E-state index in [9.17, 15) is 0 Å². The third kappa shape index (κ3) is 2.86. The standard InChI is InChI=1S/C15H18N4/c1-2-14(12-17)18-7-9-19(10-8-18)15-6-4-3-5-13(15)11-16/h3-6,14H,2,7-10H2,1H3. The molecule has 1 aromatic carbocycles. The van der Waals surface area contributed by atoms with Gasteiger partial charge < -0.3 is 4.90 Å². The first-order chi connectivity index (χ1) is 9.30. The van der Waals surface area contributed by atoms with Gasteiger partial charge in [-0.25, -0.2) is 0 Å². The van der Waals surface area contributed by atoms with Gasteiger partial charge in [-0.05, 0) is 18.6 Å². The van der Waals surface area contributed by atoms with Crippen molar-refractivity contribution in [2.75, 3.05) is 31.1 Å². The Kier molecular flexibility index (Phi) is 4.39. The van der Waals surface area contributed by atoms with Crippen molar-refractivity contribution < 1.29 is 0 Å². The van der Waals surface area contributed by atoms with Gasteiger partial charge in [-0.2, -0.15) is 10.5 Å². The summed E-state index contributed by atoms with van der Waals surface area (Å²) in [6.45, 7) is 5.55. The molecule has 1 aliphatic heterocycles. The van der Waals surface area contributed by atoms with Crippen LogP contribution in [0.5, 0.6) is 0 Å². The van der Waals surface area contributed by atoms with Gasteiger partial charge in [-0.15, -0.1) is 0 Å². The van der Waals surface area contributed by atoms with Gasteiger partial charge in [0.25, 0.3) is 0 Å². The number of nitriles is 2. The Hall–Kier alpha value is -2.04. The summed E-state index contributed by atoms with van der Waals surface area (Å²) in [6, 6.07) is 12.3. The molecule has 0 radical (unpaired) electrons. The summed E-state index contributed by atoms with van der Waals surface area (Å²) < 4.78 is 0. The van der Waals surface area contributed by atoms with Crippen LogP contribution in [0.25, 0.3) is 0 Å². The van der Waals surface area contributed by atoms with Crippen LogP contribution in [0.15, 0.2) is 24.3 Å². The van der Waals surface area contributed by atoms with Crippen LogP contribution in [0.2, 0.25) is 0 Å². The van der Waals surface area contributed by atoms with Gasteiger partial charge in [-0.3, -0.25) is 4.90 Å². The number of nitrogens with zero attached hydrogens (tertiary/aromatic N) is 4. The summed E-state index contributed by atoms with van der Waals surface area (Å²) in [5, 5.41) is 18.2. The van der Waals surface area contributed by atoms with Crippen molar-refractivity contribution in [2.24, 2.45) is 0 Å². The molecule has 1 aliphatic rings. The Morgan fingerprint density at radius 2 is 1.84 bits per heavy atom. The van der Waals surface area contributed by atoms with Crippen molar-refractivity contribution in [3.8, 4) is 12.1 Å². The second-order valence-electron chi connectivity index (χ2n) is 4.71. The average Bonchev–Trinajstić information content (AvgIpc) is 2.49. The fourth-order valence-corrected chi connectivity index (χ4v) is 2.55. The minimum absolute atomic E-state index is 0.0216. The summed E-state index contributed by atoms with van der Waals surface area (Å²) in [7, 11) is 0. The molecule has 98 valence electrons. The smallest absolute Gasteiger partial charge is 0.101 e. The second kappa shape index (κ2) is 6.22. The molecule has 0 N–H and O–H groups in total. The summed E-state index contributed by atoms with van der Waals surface area (Å²) in [6.07, 6.45) is 0.866. The number of anilines is 1. The highest BCUT2D eigenvalue weighted by molar-refractivity contribution is 5.59. The van der Waals surface area contributed by atoms with E-state index in [0.29, 0.717) is 0 Å². The zero-order valence-corrected chi connectivity index (χ0v) is 11.2. The predicted octanol–water partition coefficient (Wildman–Crippen LogP) is 1.98. The summed E-state index contributed by atoms with van der Waals surface area (Å²) in [5.41, 5.74) is 1.73. The van der Waals surface area contributed by atoms with E-state index in [1.807, 2.05) is 31.2 Å². The fourth-order valence-electron chi connectivity index (χ4n) is 2.55. The van der Waals surface area contributed by atoms with Crippen LogP contribution in [0.4, 0.5) is 5.69 Å². The van der Waals surface area contributed by atoms with Gasteiger partial charge in [0.15, 0.2) is 0 Å². The van der Waals surface area contributed by atoms with Crippen LogP contribution in [-0.4, -0.2) is 37.1 Å². The normalized spacial score (nSPS) is 17.5. The molecule has 0 aliphatic carbocycles. The molecule has 1 unspecified atom stereocenters. The molecule has 1 saturated heterocycles. The molecule has 0 aromatic heterocycles. The van der Waals surface area contributed by atoms with Gasteiger partial charge in [0.1, 0.15) is 6.07 Å². The third-order valence-electron chi connectivity index (χ3n) is 3.66. The van der Waals surface area contributed by atoms with E-state index in [1.54, 1.807) is 0 Å². The van der Waals surface area contributed by atoms with Gasteiger partial charge in [0.2, 0.25) is 0 Å². The fraction of sp³-hybridized carbons (Fsp3) is 0.467. The Morgan fingerprint density at radius 1 is 1.16 bits per heavy atom. The van der Waals surface area contributed by atoms with Crippen molar-refractivity contribution in [3.63, 3.8) is 0 Å². The monoisotopic (exact) mass is 254 g/mol. The van der Waals surface area contributed by atoms with E-state index in [2.05, 4.69) is 21.9 Å². The van der Waals surface area contributed by atoms with Crippen molar-refractivity contribution >= 4 is 5.69 Å². The largest absolute Gasteiger partial charge is 0.368 e. The van der Waals surface area contributed by atoms with Gasteiger partial charge in [0, 0.05) is 26.2 Å². The molecule has 4 nitrogen and oxygen atoms in total. The lowest BCUT2D eigenvalue weighted by Gasteiger charge is -2.38. The Balaban J connectivity index is 2.05. The zero-order chi connectivity index (χ0) is 13.7. The number of para-hydroxylation sites is 1. The quantitative estimate of drug-likeness (QED) is 0.827. The Labute approximate surface area is 114 Å². The maximum atomic E-state index is 9.14. The lowest BCUT2D eigenvalue weighted by molar-refractivity contribution is 0.216. The van der Waals surface area contributed by atoms with Crippen molar-refractivity contribution in [1.29, 1.82) is 10.5 Å². The third-order valence-corrected chi connectivity index (χ3v) is 3.66. The molecule has 0 amide bonds. The van der Waals surface area contributed by atoms with E-state index in [1.165, 1.54) is 0 Å². The molecular formula is C15H18N4. The zero-order valence-electron chi connectivity index (χ0n) is 11.2. The van der Waals surface area contributed by atoms with Crippen molar-refractivity contribution in [2.45, 2.75) is 19.4 Å². The molecule has 0 saturated carbocycles. The highest BCUT2D eigenvalue weighted by Crippen LogP contribution is 2.21. The second-order valence-corrected chi connectivity index (χ2v) is 4.71. The number of piperazine rings is 1. The van der Waals surface area contributed by atoms with Gasteiger partial charge in [0.05, 0.1) is 23.4 Å². The first kappa shape index (κ1) is 13.4. The Morgan fingerprint density at radius 3 is 2.42 bits per heavy atom. The molecular weight excluding hydrogens is 236 g/mol. The molecule has 1 heterocycles. The SMILES string of the molecule is CCC(C#N)N1CCN(c2ccccc2C#N)CC1. The first-order valence-electron chi connectivity index (χ1n) is 6.68. The maximum Gasteiger partial charge on any atom is 0.101 e. The molecule has 1 aromatic rings. The van der Waals surface area contributed by atoms with Crippen molar-refractivity contribution in [3.05, 3.63) is 29.8 Å². The number of benzene rings is 1. The van der Waals surface area contributed by atoms with E-state index < -0.39 is 0 Å². The van der Waals surface area contributed by atoms with E-state index in [-0.39, 0.29) is 6.04 Å². The molecule has 0 spiro atoms.